The molecule has 2 aromatic rings. The van der Waals surface area contributed by atoms with E-state index in [1.807, 2.05) is 18.2 Å². The van der Waals surface area contributed by atoms with E-state index in [0.29, 0.717) is 5.56 Å². The first-order valence-electron chi connectivity index (χ1n) is 5.42. The van der Waals surface area contributed by atoms with Gasteiger partial charge in [0.05, 0.1) is 4.47 Å². The molecule has 1 atom stereocenters. The molecule has 2 rings (SSSR count). The zero-order valence-corrected chi connectivity index (χ0v) is 12.1. The fraction of sp³-hybridized carbons (Fsp3) is 0.154. The minimum atomic E-state index is -0.351. The minimum absolute atomic E-state index is 0.276. The van der Waals surface area contributed by atoms with Gasteiger partial charge in [-0.25, -0.2) is 9.37 Å². The van der Waals surface area contributed by atoms with Gasteiger partial charge in [-0.05, 0) is 47.1 Å². The van der Waals surface area contributed by atoms with Crippen LogP contribution in [0.3, 0.4) is 0 Å². The second kappa shape index (κ2) is 5.82. The first kappa shape index (κ1) is 13.5. The second-order valence-corrected chi connectivity index (χ2v) is 5.72. The monoisotopic (exact) mass is 326 g/mol. The van der Waals surface area contributed by atoms with Crippen molar-refractivity contribution in [3.8, 4) is 0 Å². The highest BCUT2D eigenvalue weighted by atomic mass is 79.9. The normalized spacial score (nSPS) is 12.4. The summed E-state index contributed by atoms with van der Waals surface area (Å²) in [6.45, 7) is 1.77. The van der Waals surface area contributed by atoms with E-state index in [4.69, 9.17) is 5.73 Å². The van der Waals surface area contributed by atoms with E-state index >= 15 is 0 Å². The van der Waals surface area contributed by atoms with Gasteiger partial charge in [-0.2, -0.15) is 0 Å². The van der Waals surface area contributed by atoms with Crippen molar-refractivity contribution in [1.82, 2.24) is 4.98 Å². The number of nitrogens with zero attached hydrogens (tertiary/aromatic N) is 1. The molecule has 1 aromatic heterocycles. The quantitative estimate of drug-likeness (QED) is 0.920. The molecule has 0 saturated heterocycles. The Bertz CT molecular complexity index is 560. The third-order valence-electron chi connectivity index (χ3n) is 2.40. The molecular weight excluding hydrogens is 315 g/mol. The van der Waals surface area contributed by atoms with Crippen molar-refractivity contribution in [2.45, 2.75) is 22.9 Å². The van der Waals surface area contributed by atoms with Crippen molar-refractivity contribution in [1.29, 1.82) is 0 Å². The van der Waals surface area contributed by atoms with E-state index in [1.54, 1.807) is 19.2 Å². The number of nitrogens with two attached hydrogens (primary N) is 1. The lowest BCUT2D eigenvalue weighted by Gasteiger charge is -2.13. The molecule has 0 spiro atoms. The van der Waals surface area contributed by atoms with Crippen molar-refractivity contribution < 1.29 is 4.39 Å². The van der Waals surface area contributed by atoms with E-state index in [9.17, 15) is 4.39 Å². The zero-order chi connectivity index (χ0) is 13.1. The highest BCUT2D eigenvalue weighted by Gasteiger charge is 2.14. The van der Waals surface area contributed by atoms with Crippen LogP contribution in [-0.4, -0.2) is 4.98 Å². The van der Waals surface area contributed by atoms with Crippen LogP contribution in [0.1, 0.15) is 18.5 Å². The van der Waals surface area contributed by atoms with Crippen molar-refractivity contribution in [2.24, 2.45) is 5.73 Å². The Balaban J connectivity index is 2.41. The van der Waals surface area contributed by atoms with Crippen molar-refractivity contribution >= 4 is 27.7 Å². The van der Waals surface area contributed by atoms with Crippen LogP contribution in [0, 0.1) is 5.82 Å². The van der Waals surface area contributed by atoms with Gasteiger partial charge in [0.1, 0.15) is 10.8 Å². The van der Waals surface area contributed by atoms with E-state index < -0.39 is 0 Å². The van der Waals surface area contributed by atoms with E-state index in [2.05, 4.69) is 20.9 Å². The average Bonchev–Trinajstić information content (AvgIpc) is 2.31. The SMILES string of the molecule is CC(N)c1c(F)cccc1Sc1ncccc1Br. The maximum Gasteiger partial charge on any atom is 0.129 e. The Morgan fingerprint density at radius 1 is 1.33 bits per heavy atom. The summed E-state index contributed by atoms with van der Waals surface area (Å²) < 4.78 is 14.7. The maximum absolute atomic E-state index is 13.8. The standard InChI is InChI=1S/C13H12BrFN2S/c1-8(16)12-10(15)5-2-6-11(12)18-13-9(14)4-3-7-17-13/h2-8H,16H2,1H3. The van der Waals surface area contributed by atoms with Gasteiger partial charge in [-0.3, -0.25) is 0 Å². The van der Waals surface area contributed by atoms with Gasteiger partial charge in [0.15, 0.2) is 0 Å². The van der Waals surface area contributed by atoms with Crippen molar-refractivity contribution in [2.75, 3.05) is 0 Å². The fourth-order valence-electron chi connectivity index (χ4n) is 1.60. The number of aromatic nitrogens is 1. The number of halogens is 2. The first-order chi connectivity index (χ1) is 8.59. The number of benzene rings is 1. The van der Waals surface area contributed by atoms with Crippen LogP contribution < -0.4 is 5.73 Å². The zero-order valence-electron chi connectivity index (χ0n) is 9.73. The number of hydrogen-bond donors (Lipinski definition) is 1. The topological polar surface area (TPSA) is 38.9 Å². The van der Waals surface area contributed by atoms with Gasteiger partial charge in [0.25, 0.3) is 0 Å². The van der Waals surface area contributed by atoms with E-state index in [-0.39, 0.29) is 11.9 Å². The highest BCUT2D eigenvalue weighted by Crippen LogP contribution is 2.36. The summed E-state index contributed by atoms with van der Waals surface area (Å²) >= 11 is 4.83. The summed E-state index contributed by atoms with van der Waals surface area (Å²) in [4.78, 5) is 5.05. The van der Waals surface area contributed by atoms with Crippen LogP contribution in [0.2, 0.25) is 0 Å². The predicted octanol–water partition coefficient (Wildman–Crippen LogP) is 4.15. The van der Waals surface area contributed by atoms with Crippen LogP contribution in [0.4, 0.5) is 4.39 Å². The smallest absolute Gasteiger partial charge is 0.129 e. The molecule has 0 aliphatic heterocycles. The molecule has 0 amide bonds. The molecule has 0 aliphatic carbocycles. The van der Waals surface area contributed by atoms with Gasteiger partial charge in [0.2, 0.25) is 0 Å². The highest BCUT2D eigenvalue weighted by molar-refractivity contribution is 9.10. The summed E-state index contributed by atoms with van der Waals surface area (Å²) in [6, 6.07) is 8.35. The largest absolute Gasteiger partial charge is 0.324 e. The lowest BCUT2D eigenvalue weighted by atomic mass is 10.1. The Hall–Kier alpha value is -0.910. The summed E-state index contributed by atoms with van der Waals surface area (Å²) in [6.07, 6.45) is 1.71. The molecule has 0 bridgehead atoms. The third-order valence-corrected chi connectivity index (χ3v) is 4.40. The molecule has 2 nitrogen and oxygen atoms in total. The van der Waals surface area contributed by atoms with Crippen LogP contribution in [-0.2, 0) is 0 Å². The van der Waals surface area contributed by atoms with Crippen LogP contribution in [0.15, 0.2) is 50.9 Å². The molecule has 1 aromatic carbocycles. The molecule has 0 aliphatic rings. The minimum Gasteiger partial charge on any atom is -0.324 e. The van der Waals surface area contributed by atoms with Crippen molar-refractivity contribution in [3.63, 3.8) is 0 Å². The molecule has 2 N–H and O–H groups in total. The van der Waals surface area contributed by atoms with Gasteiger partial charge in [0, 0.05) is 22.7 Å². The van der Waals surface area contributed by atoms with Gasteiger partial charge >= 0.3 is 0 Å². The lowest BCUT2D eigenvalue weighted by molar-refractivity contribution is 0.585. The summed E-state index contributed by atoms with van der Waals surface area (Å²) in [7, 11) is 0. The van der Waals surface area contributed by atoms with Gasteiger partial charge < -0.3 is 5.73 Å². The summed E-state index contributed by atoms with van der Waals surface area (Å²) in [5.41, 5.74) is 6.35. The summed E-state index contributed by atoms with van der Waals surface area (Å²) in [5.74, 6) is -0.276. The van der Waals surface area contributed by atoms with Gasteiger partial charge in [-0.15, -0.1) is 0 Å². The Morgan fingerprint density at radius 3 is 2.78 bits per heavy atom. The maximum atomic E-state index is 13.8. The molecule has 1 heterocycles. The first-order valence-corrected chi connectivity index (χ1v) is 7.03. The van der Waals surface area contributed by atoms with Crippen LogP contribution in [0.25, 0.3) is 0 Å². The molecule has 0 saturated carbocycles. The predicted molar refractivity (Wildman–Crippen MR) is 75.1 cm³/mol. The molecule has 0 radical (unpaired) electrons. The molecule has 1 unspecified atom stereocenters. The molecule has 5 heteroatoms. The summed E-state index contributed by atoms with van der Waals surface area (Å²) in [5, 5.41) is 0.796. The number of rotatable bonds is 3. The Morgan fingerprint density at radius 2 is 2.11 bits per heavy atom. The van der Waals surface area contributed by atoms with Crippen molar-refractivity contribution in [3.05, 3.63) is 52.4 Å². The number of hydrogen-bond acceptors (Lipinski definition) is 3. The van der Waals surface area contributed by atoms with E-state index in [0.717, 1.165) is 14.4 Å². The Kier molecular flexibility index (Phi) is 4.37. The second-order valence-electron chi connectivity index (χ2n) is 3.83. The Labute approximate surface area is 118 Å². The molecule has 18 heavy (non-hydrogen) atoms. The fourth-order valence-corrected chi connectivity index (χ4v) is 3.12. The average molecular weight is 327 g/mol. The molecule has 94 valence electrons. The third kappa shape index (κ3) is 2.91. The lowest BCUT2D eigenvalue weighted by Crippen LogP contribution is -2.09. The van der Waals surface area contributed by atoms with E-state index in [1.165, 1.54) is 17.8 Å². The number of pyridine rings is 1. The van der Waals surface area contributed by atoms with Gasteiger partial charge in [-0.1, -0.05) is 17.8 Å². The molecule has 0 fully saturated rings. The van der Waals surface area contributed by atoms with Crippen LogP contribution in [0.5, 0.6) is 0 Å². The molecular formula is C13H12BrFN2S. The van der Waals surface area contributed by atoms with Crippen LogP contribution >= 0.6 is 27.7 Å².